The van der Waals surface area contributed by atoms with E-state index >= 15 is 0 Å². The van der Waals surface area contributed by atoms with Crippen LogP contribution in [0.1, 0.15) is 26.7 Å². The second kappa shape index (κ2) is 5.88. The van der Waals surface area contributed by atoms with Crippen LogP contribution in [0.25, 0.3) is 5.69 Å². The molecule has 0 saturated heterocycles. The van der Waals surface area contributed by atoms with Gasteiger partial charge in [-0.3, -0.25) is 4.79 Å². The normalized spacial score (nSPS) is 13.8. The van der Waals surface area contributed by atoms with E-state index < -0.39 is 5.54 Å². The van der Waals surface area contributed by atoms with Gasteiger partial charge in [0.05, 0.1) is 11.2 Å². The van der Waals surface area contributed by atoms with E-state index in [0.29, 0.717) is 6.42 Å². The van der Waals surface area contributed by atoms with E-state index in [0.717, 1.165) is 17.8 Å². The lowest BCUT2D eigenvalue weighted by Gasteiger charge is -2.22. The fourth-order valence-electron chi connectivity index (χ4n) is 2.03. The molecular weight excluding hydrogens is 252 g/mol. The Labute approximate surface area is 118 Å². The number of hydrogen-bond acceptors (Lipinski definition) is 3. The van der Waals surface area contributed by atoms with Crippen molar-refractivity contribution in [2.75, 3.05) is 5.32 Å². The van der Waals surface area contributed by atoms with E-state index in [1.807, 2.05) is 43.5 Å². The van der Waals surface area contributed by atoms with Crippen molar-refractivity contribution in [3.05, 3.63) is 42.7 Å². The molecule has 0 radical (unpaired) electrons. The van der Waals surface area contributed by atoms with Gasteiger partial charge in [0.25, 0.3) is 0 Å². The number of nitrogens with one attached hydrogen (secondary N) is 1. The highest BCUT2D eigenvalue weighted by Gasteiger charge is 2.26. The number of carbonyl (C=O) groups is 1. The molecule has 106 valence electrons. The maximum absolute atomic E-state index is 12.1. The highest BCUT2D eigenvalue weighted by Crippen LogP contribution is 2.16. The molecule has 2 rings (SSSR count). The van der Waals surface area contributed by atoms with E-state index in [1.54, 1.807) is 17.8 Å². The Morgan fingerprint density at radius 2 is 2.10 bits per heavy atom. The molecule has 1 heterocycles. The van der Waals surface area contributed by atoms with E-state index in [1.165, 1.54) is 0 Å². The summed E-state index contributed by atoms with van der Waals surface area (Å²) in [5.41, 5.74) is 6.84. The van der Waals surface area contributed by atoms with E-state index in [-0.39, 0.29) is 5.91 Å². The number of nitrogens with two attached hydrogens (primary N) is 1. The molecule has 0 spiro atoms. The Balaban J connectivity index is 2.06. The standard InChI is InChI=1S/C15H20N4O/c1-3-9-15(2,16)14(20)18-12-5-7-13(8-6-12)19-11-4-10-17-19/h4-8,10-11H,3,9,16H2,1-2H3,(H,18,20). The molecule has 1 unspecified atom stereocenters. The largest absolute Gasteiger partial charge is 0.325 e. The van der Waals surface area contributed by atoms with Crippen LogP contribution in [0.5, 0.6) is 0 Å². The molecule has 1 amide bonds. The van der Waals surface area contributed by atoms with Crippen molar-refractivity contribution < 1.29 is 4.79 Å². The van der Waals surface area contributed by atoms with Crippen molar-refractivity contribution >= 4 is 11.6 Å². The van der Waals surface area contributed by atoms with Crippen molar-refractivity contribution in [2.45, 2.75) is 32.2 Å². The fraction of sp³-hybridized carbons (Fsp3) is 0.333. The zero-order valence-electron chi connectivity index (χ0n) is 11.8. The Morgan fingerprint density at radius 1 is 1.40 bits per heavy atom. The van der Waals surface area contributed by atoms with Gasteiger partial charge in [0.1, 0.15) is 0 Å². The lowest BCUT2D eigenvalue weighted by molar-refractivity contribution is -0.120. The number of rotatable bonds is 5. The molecule has 5 nitrogen and oxygen atoms in total. The van der Waals surface area contributed by atoms with Crippen molar-refractivity contribution in [3.8, 4) is 5.69 Å². The summed E-state index contributed by atoms with van der Waals surface area (Å²) in [4.78, 5) is 12.1. The lowest BCUT2D eigenvalue weighted by Crippen LogP contribution is -2.48. The predicted octanol–water partition coefficient (Wildman–Crippen LogP) is 2.33. The lowest BCUT2D eigenvalue weighted by atomic mass is 9.96. The van der Waals surface area contributed by atoms with Crippen LogP contribution in [0.3, 0.4) is 0 Å². The molecule has 0 aliphatic rings. The molecule has 0 aliphatic heterocycles. The third kappa shape index (κ3) is 3.24. The Bertz CT molecular complexity index is 558. The third-order valence-electron chi connectivity index (χ3n) is 3.18. The van der Waals surface area contributed by atoms with Crippen LogP contribution in [0.2, 0.25) is 0 Å². The molecule has 0 saturated carbocycles. The molecule has 0 bridgehead atoms. The van der Waals surface area contributed by atoms with Gasteiger partial charge in [-0.2, -0.15) is 5.10 Å². The Morgan fingerprint density at radius 3 is 2.65 bits per heavy atom. The number of aromatic nitrogens is 2. The van der Waals surface area contributed by atoms with Crippen LogP contribution in [-0.2, 0) is 4.79 Å². The van der Waals surface area contributed by atoms with Gasteiger partial charge in [0.15, 0.2) is 0 Å². The van der Waals surface area contributed by atoms with E-state index in [4.69, 9.17) is 5.73 Å². The number of anilines is 1. The zero-order chi connectivity index (χ0) is 14.6. The van der Waals surface area contributed by atoms with Gasteiger partial charge in [-0.15, -0.1) is 0 Å². The van der Waals surface area contributed by atoms with Gasteiger partial charge in [-0.25, -0.2) is 4.68 Å². The summed E-state index contributed by atoms with van der Waals surface area (Å²) in [5.74, 6) is -0.161. The molecule has 20 heavy (non-hydrogen) atoms. The summed E-state index contributed by atoms with van der Waals surface area (Å²) in [5, 5.41) is 7.00. The van der Waals surface area contributed by atoms with Gasteiger partial charge >= 0.3 is 0 Å². The number of carbonyl (C=O) groups excluding carboxylic acids is 1. The summed E-state index contributed by atoms with van der Waals surface area (Å²) >= 11 is 0. The second-order valence-corrected chi connectivity index (χ2v) is 5.12. The average molecular weight is 272 g/mol. The van der Waals surface area contributed by atoms with Gasteiger partial charge in [0, 0.05) is 18.1 Å². The fourth-order valence-corrected chi connectivity index (χ4v) is 2.03. The van der Waals surface area contributed by atoms with E-state index in [9.17, 15) is 4.79 Å². The zero-order valence-corrected chi connectivity index (χ0v) is 11.8. The van der Waals surface area contributed by atoms with Crippen molar-refractivity contribution in [1.29, 1.82) is 0 Å². The summed E-state index contributed by atoms with van der Waals surface area (Å²) < 4.78 is 1.76. The molecule has 3 N–H and O–H groups in total. The van der Waals surface area contributed by atoms with E-state index in [2.05, 4.69) is 10.4 Å². The highest BCUT2D eigenvalue weighted by molar-refractivity contribution is 5.97. The first-order valence-corrected chi connectivity index (χ1v) is 6.73. The first-order chi connectivity index (χ1) is 9.53. The topological polar surface area (TPSA) is 72.9 Å². The number of amides is 1. The molecule has 5 heteroatoms. The maximum atomic E-state index is 12.1. The highest BCUT2D eigenvalue weighted by atomic mass is 16.2. The molecule has 0 aliphatic carbocycles. The first kappa shape index (κ1) is 14.3. The minimum absolute atomic E-state index is 0.161. The Kier molecular flexibility index (Phi) is 4.20. The van der Waals surface area contributed by atoms with Gasteiger partial charge in [0.2, 0.25) is 5.91 Å². The van der Waals surface area contributed by atoms with Crippen LogP contribution in [0.4, 0.5) is 5.69 Å². The minimum Gasteiger partial charge on any atom is -0.325 e. The molecule has 2 aromatic rings. The number of hydrogen-bond donors (Lipinski definition) is 2. The maximum Gasteiger partial charge on any atom is 0.244 e. The minimum atomic E-state index is -0.838. The van der Waals surface area contributed by atoms with Gasteiger partial charge in [-0.1, -0.05) is 13.3 Å². The van der Waals surface area contributed by atoms with Crippen LogP contribution in [0, 0.1) is 0 Å². The van der Waals surface area contributed by atoms with Crippen LogP contribution >= 0.6 is 0 Å². The SMILES string of the molecule is CCCC(C)(N)C(=O)Nc1ccc(-n2cccn2)cc1. The number of nitrogens with zero attached hydrogens (tertiary/aromatic N) is 2. The molecular formula is C15H20N4O. The Hall–Kier alpha value is -2.14. The van der Waals surface area contributed by atoms with Crippen LogP contribution in [0.15, 0.2) is 42.7 Å². The quantitative estimate of drug-likeness (QED) is 0.877. The molecule has 1 aromatic carbocycles. The smallest absolute Gasteiger partial charge is 0.244 e. The van der Waals surface area contributed by atoms with Gasteiger partial charge in [-0.05, 0) is 43.7 Å². The van der Waals surface area contributed by atoms with Crippen molar-refractivity contribution in [2.24, 2.45) is 5.73 Å². The number of benzene rings is 1. The van der Waals surface area contributed by atoms with Crippen LogP contribution < -0.4 is 11.1 Å². The molecule has 1 aromatic heterocycles. The monoisotopic (exact) mass is 272 g/mol. The summed E-state index contributed by atoms with van der Waals surface area (Å²) in [6.45, 7) is 3.77. The summed E-state index contributed by atoms with van der Waals surface area (Å²) in [6, 6.07) is 9.35. The van der Waals surface area contributed by atoms with Crippen molar-refractivity contribution in [3.63, 3.8) is 0 Å². The molecule has 0 fully saturated rings. The van der Waals surface area contributed by atoms with Crippen LogP contribution in [-0.4, -0.2) is 21.2 Å². The second-order valence-electron chi connectivity index (χ2n) is 5.12. The summed E-state index contributed by atoms with van der Waals surface area (Å²) in [7, 11) is 0. The first-order valence-electron chi connectivity index (χ1n) is 6.73. The third-order valence-corrected chi connectivity index (χ3v) is 3.18. The van der Waals surface area contributed by atoms with Gasteiger partial charge < -0.3 is 11.1 Å². The predicted molar refractivity (Wildman–Crippen MR) is 79.7 cm³/mol. The average Bonchev–Trinajstić information content (AvgIpc) is 2.93. The van der Waals surface area contributed by atoms with Crippen molar-refractivity contribution in [1.82, 2.24) is 9.78 Å². The summed E-state index contributed by atoms with van der Waals surface area (Å²) in [6.07, 6.45) is 5.12. The molecule has 1 atom stereocenters.